The third-order valence-corrected chi connectivity index (χ3v) is 4.67. The van der Waals surface area contributed by atoms with E-state index in [9.17, 15) is 5.11 Å². The summed E-state index contributed by atoms with van der Waals surface area (Å²) in [5.74, 6) is 1.17. The van der Waals surface area contributed by atoms with Gasteiger partial charge in [-0.25, -0.2) is 4.98 Å². The second-order valence-corrected chi connectivity index (χ2v) is 5.48. The number of nitrogens with two attached hydrogens (primary N) is 1. The third-order valence-electron chi connectivity index (χ3n) is 4.67. The molecule has 0 bridgehead atoms. The molecule has 1 aromatic rings. The van der Waals surface area contributed by atoms with Crippen LogP contribution in [0.2, 0.25) is 0 Å². The Morgan fingerprint density at radius 2 is 2.21 bits per heavy atom. The molecule has 3 rings (SSSR count). The zero-order valence-corrected chi connectivity index (χ0v) is 11.1. The molecule has 0 radical (unpaired) electrons. The quantitative estimate of drug-likeness (QED) is 0.805. The Kier molecular flexibility index (Phi) is 3.06. The summed E-state index contributed by atoms with van der Waals surface area (Å²) in [5.41, 5.74) is 5.62. The zero-order chi connectivity index (χ0) is 13.5. The second-order valence-electron chi connectivity index (χ2n) is 5.48. The molecule has 2 heterocycles. The fraction of sp³-hybridized carbons (Fsp3) is 0.692. The summed E-state index contributed by atoms with van der Waals surface area (Å²) in [6, 6.07) is 1.69. The maximum Gasteiger partial charge on any atom is 0.227 e. The van der Waals surface area contributed by atoms with Gasteiger partial charge in [0.2, 0.25) is 5.95 Å². The van der Waals surface area contributed by atoms with Crippen molar-refractivity contribution in [3.63, 3.8) is 0 Å². The summed E-state index contributed by atoms with van der Waals surface area (Å²) in [6.45, 7) is 1.67. The number of piperidine rings is 1. The lowest BCUT2D eigenvalue weighted by Crippen LogP contribution is -2.62. The van der Waals surface area contributed by atoms with Crippen LogP contribution in [0, 0.1) is 5.41 Å². The lowest BCUT2D eigenvalue weighted by atomic mass is 9.58. The molecule has 2 fully saturated rings. The number of rotatable bonds is 2. The van der Waals surface area contributed by atoms with Gasteiger partial charge in [-0.3, -0.25) is 0 Å². The van der Waals surface area contributed by atoms with E-state index < -0.39 is 0 Å². The molecule has 104 valence electrons. The molecule has 1 aliphatic heterocycles. The highest BCUT2D eigenvalue weighted by Crippen LogP contribution is 2.50. The topological polar surface area (TPSA) is 84.5 Å². The molecule has 0 unspecified atom stereocenters. The number of aromatic nitrogens is 2. The largest absolute Gasteiger partial charge is 0.392 e. The van der Waals surface area contributed by atoms with Crippen molar-refractivity contribution in [1.82, 2.24) is 9.97 Å². The van der Waals surface area contributed by atoms with Gasteiger partial charge in [0.25, 0.3) is 0 Å². The molecule has 0 aromatic carbocycles. The van der Waals surface area contributed by atoms with Crippen molar-refractivity contribution in [2.45, 2.75) is 31.5 Å². The van der Waals surface area contributed by atoms with Crippen molar-refractivity contribution in [2.75, 3.05) is 30.8 Å². The van der Waals surface area contributed by atoms with Gasteiger partial charge < -0.3 is 20.5 Å². The molecule has 1 saturated heterocycles. The van der Waals surface area contributed by atoms with Gasteiger partial charge in [0.15, 0.2) is 0 Å². The van der Waals surface area contributed by atoms with E-state index in [-0.39, 0.29) is 17.6 Å². The zero-order valence-electron chi connectivity index (χ0n) is 11.1. The van der Waals surface area contributed by atoms with E-state index in [4.69, 9.17) is 10.5 Å². The number of hydrogen-bond acceptors (Lipinski definition) is 6. The van der Waals surface area contributed by atoms with Gasteiger partial charge in [-0.05, 0) is 18.9 Å². The van der Waals surface area contributed by atoms with Crippen LogP contribution in [-0.4, -0.2) is 47.5 Å². The van der Waals surface area contributed by atoms with E-state index >= 15 is 0 Å². The molecule has 2 aliphatic rings. The van der Waals surface area contributed by atoms with Crippen LogP contribution in [0.3, 0.4) is 0 Å². The predicted octanol–water partition coefficient (Wildman–Crippen LogP) is 0.425. The number of nitrogen functional groups attached to an aromatic ring is 1. The van der Waals surface area contributed by atoms with Crippen molar-refractivity contribution >= 4 is 11.8 Å². The molecule has 0 amide bonds. The minimum absolute atomic E-state index is 0.0639. The summed E-state index contributed by atoms with van der Waals surface area (Å²) in [6.07, 6.45) is 4.20. The standard InChI is InChI=1S/C13H20N4O2/c1-19-10-8-9(18)13(10)3-6-17(7-4-13)12-15-5-2-11(14)16-12/h2,5,9-10,18H,3-4,6-8H2,1H3,(H2,14,15,16)/t9-,10+/m0/s1. The first-order valence-electron chi connectivity index (χ1n) is 6.70. The van der Waals surface area contributed by atoms with E-state index in [2.05, 4.69) is 14.9 Å². The van der Waals surface area contributed by atoms with Gasteiger partial charge in [0.05, 0.1) is 12.2 Å². The molecule has 1 aromatic heterocycles. The lowest BCUT2D eigenvalue weighted by molar-refractivity contribution is -0.190. The monoisotopic (exact) mass is 264 g/mol. The molecule has 19 heavy (non-hydrogen) atoms. The van der Waals surface area contributed by atoms with Gasteiger partial charge in [-0.2, -0.15) is 4.98 Å². The summed E-state index contributed by atoms with van der Waals surface area (Å²) in [7, 11) is 1.73. The van der Waals surface area contributed by atoms with Crippen LogP contribution in [0.25, 0.3) is 0 Å². The van der Waals surface area contributed by atoms with Crippen LogP contribution in [0.15, 0.2) is 12.3 Å². The Labute approximate surface area is 112 Å². The highest BCUT2D eigenvalue weighted by atomic mass is 16.5. The maximum atomic E-state index is 10.1. The van der Waals surface area contributed by atoms with E-state index in [0.717, 1.165) is 32.4 Å². The van der Waals surface area contributed by atoms with Gasteiger partial charge in [0.1, 0.15) is 5.82 Å². The van der Waals surface area contributed by atoms with Crippen LogP contribution in [0.4, 0.5) is 11.8 Å². The summed E-state index contributed by atoms with van der Waals surface area (Å²) in [5, 5.41) is 10.1. The molecule has 1 spiro atoms. The lowest BCUT2D eigenvalue weighted by Gasteiger charge is -2.56. The minimum Gasteiger partial charge on any atom is -0.392 e. The van der Waals surface area contributed by atoms with E-state index in [0.29, 0.717) is 11.8 Å². The fourth-order valence-corrected chi connectivity index (χ4v) is 3.35. The highest BCUT2D eigenvalue weighted by Gasteiger charge is 2.55. The Hall–Kier alpha value is -1.40. The number of nitrogens with zero attached hydrogens (tertiary/aromatic N) is 3. The first-order valence-corrected chi connectivity index (χ1v) is 6.70. The number of anilines is 2. The van der Waals surface area contributed by atoms with Gasteiger partial charge >= 0.3 is 0 Å². The van der Waals surface area contributed by atoms with E-state index in [1.807, 2.05) is 0 Å². The smallest absolute Gasteiger partial charge is 0.227 e. The van der Waals surface area contributed by atoms with Crippen molar-refractivity contribution in [1.29, 1.82) is 0 Å². The van der Waals surface area contributed by atoms with Crippen LogP contribution in [0.1, 0.15) is 19.3 Å². The Balaban J connectivity index is 1.70. The predicted molar refractivity (Wildman–Crippen MR) is 71.7 cm³/mol. The molecule has 1 saturated carbocycles. The van der Waals surface area contributed by atoms with Crippen LogP contribution >= 0.6 is 0 Å². The summed E-state index contributed by atoms with van der Waals surface area (Å²) >= 11 is 0. The second kappa shape index (κ2) is 4.61. The van der Waals surface area contributed by atoms with Crippen LogP contribution < -0.4 is 10.6 Å². The molecule has 2 atom stereocenters. The molecular formula is C13H20N4O2. The third kappa shape index (κ3) is 1.95. The number of hydrogen-bond donors (Lipinski definition) is 2. The highest BCUT2D eigenvalue weighted by molar-refractivity contribution is 5.38. The van der Waals surface area contributed by atoms with Crippen molar-refractivity contribution < 1.29 is 9.84 Å². The number of ether oxygens (including phenoxy) is 1. The number of aliphatic hydroxyl groups excluding tert-OH is 1. The average Bonchev–Trinajstić information content (AvgIpc) is 2.44. The van der Waals surface area contributed by atoms with Crippen LogP contribution in [0.5, 0.6) is 0 Å². The number of aliphatic hydroxyl groups is 1. The first kappa shape index (κ1) is 12.6. The van der Waals surface area contributed by atoms with Crippen molar-refractivity contribution in [3.8, 4) is 0 Å². The van der Waals surface area contributed by atoms with E-state index in [1.165, 1.54) is 0 Å². The fourth-order valence-electron chi connectivity index (χ4n) is 3.35. The van der Waals surface area contributed by atoms with E-state index in [1.54, 1.807) is 19.4 Å². The molecular weight excluding hydrogens is 244 g/mol. The molecule has 3 N–H and O–H groups in total. The normalized spacial score (nSPS) is 29.3. The summed E-state index contributed by atoms with van der Waals surface area (Å²) < 4.78 is 5.48. The SMILES string of the molecule is CO[C@@H]1C[C@H](O)C12CCN(c1nccc(N)n1)CC2. The van der Waals surface area contributed by atoms with Crippen LogP contribution in [-0.2, 0) is 4.74 Å². The average molecular weight is 264 g/mol. The molecule has 1 aliphatic carbocycles. The Morgan fingerprint density at radius 3 is 2.79 bits per heavy atom. The molecule has 6 nitrogen and oxygen atoms in total. The van der Waals surface area contributed by atoms with Crippen molar-refractivity contribution in [2.24, 2.45) is 5.41 Å². The van der Waals surface area contributed by atoms with Gasteiger partial charge in [0, 0.05) is 38.2 Å². The Morgan fingerprint density at radius 1 is 1.47 bits per heavy atom. The Bertz CT molecular complexity index is 460. The first-order chi connectivity index (χ1) is 9.15. The minimum atomic E-state index is -0.235. The maximum absolute atomic E-state index is 10.1. The van der Waals surface area contributed by atoms with Gasteiger partial charge in [-0.1, -0.05) is 0 Å². The van der Waals surface area contributed by atoms with Gasteiger partial charge in [-0.15, -0.1) is 0 Å². The summed E-state index contributed by atoms with van der Waals surface area (Å²) in [4.78, 5) is 10.6. The number of methoxy groups -OCH3 is 1. The molecule has 6 heteroatoms. The van der Waals surface area contributed by atoms with Crippen molar-refractivity contribution in [3.05, 3.63) is 12.3 Å².